The number of amides is 1. The Hall–Kier alpha value is -2.83. The fourth-order valence-corrected chi connectivity index (χ4v) is 4.59. The van der Waals surface area contributed by atoms with Gasteiger partial charge in [-0.15, -0.1) is 0 Å². The Kier molecular flexibility index (Phi) is 8.25. The zero-order valence-corrected chi connectivity index (χ0v) is 20.6. The molecule has 0 saturated carbocycles. The van der Waals surface area contributed by atoms with E-state index in [9.17, 15) is 4.79 Å². The quantitative estimate of drug-likeness (QED) is 0.418. The van der Waals surface area contributed by atoms with Crippen LogP contribution in [0.15, 0.2) is 61.1 Å². The molecule has 1 amide bonds. The van der Waals surface area contributed by atoms with Crippen LogP contribution in [0.3, 0.4) is 0 Å². The minimum Gasteiger partial charge on any atom is -0.492 e. The second kappa shape index (κ2) is 11.5. The lowest BCUT2D eigenvalue weighted by atomic mass is 9.91. The number of carbonyl (C=O) groups is 1. The van der Waals surface area contributed by atoms with Gasteiger partial charge in [-0.2, -0.15) is 0 Å². The van der Waals surface area contributed by atoms with E-state index in [-0.39, 0.29) is 5.91 Å². The number of piperidine rings is 1. The van der Waals surface area contributed by atoms with Gasteiger partial charge in [0.2, 0.25) is 0 Å². The highest BCUT2D eigenvalue weighted by Crippen LogP contribution is 2.28. The molecule has 8 heteroatoms. The second-order valence-corrected chi connectivity index (χ2v) is 9.38. The van der Waals surface area contributed by atoms with Crippen LogP contribution < -0.4 is 15.0 Å². The van der Waals surface area contributed by atoms with Gasteiger partial charge in [-0.1, -0.05) is 29.3 Å². The number of hydrogen-bond donors (Lipinski definition) is 1. The molecule has 2 aromatic heterocycles. The SMILES string of the molecule is CC1CC(CNC(=O)c2ccc(Cl)c(OCCc3ccc(Cl)nc3)c2)CCN1c1ccncc1. The Labute approximate surface area is 210 Å². The summed E-state index contributed by atoms with van der Waals surface area (Å²) in [5, 5.41) is 4.02. The summed E-state index contributed by atoms with van der Waals surface area (Å²) in [6.07, 6.45) is 8.09. The number of rotatable bonds is 8. The number of nitrogens with one attached hydrogen (secondary N) is 1. The minimum absolute atomic E-state index is 0.118. The highest BCUT2D eigenvalue weighted by Gasteiger charge is 2.26. The number of aromatic nitrogens is 2. The largest absolute Gasteiger partial charge is 0.492 e. The van der Waals surface area contributed by atoms with Gasteiger partial charge in [-0.05, 0) is 67.6 Å². The molecule has 0 spiro atoms. The number of nitrogens with zero attached hydrogens (tertiary/aromatic N) is 3. The van der Waals surface area contributed by atoms with E-state index in [1.807, 2.05) is 30.6 Å². The van der Waals surface area contributed by atoms with Crippen molar-refractivity contribution in [3.05, 3.63) is 82.4 Å². The number of benzene rings is 1. The molecule has 1 fully saturated rings. The maximum Gasteiger partial charge on any atom is 0.251 e. The highest BCUT2D eigenvalue weighted by atomic mass is 35.5. The third-order valence-corrected chi connectivity index (χ3v) is 6.70. The van der Waals surface area contributed by atoms with Gasteiger partial charge in [0.25, 0.3) is 5.91 Å². The van der Waals surface area contributed by atoms with Gasteiger partial charge in [0.1, 0.15) is 10.9 Å². The van der Waals surface area contributed by atoms with Crippen molar-refractivity contribution in [1.29, 1.82) is 0 Å². The summed E-state index contributed by atoms with van der Waals surface area (Å²) in [6.45, 7) is 4.27. The number of halogens is 2. The molecule has 6 nitrogen and oxygen atoms in total. The molecule has 4 rings (SSSR count). The maximum atomic E-state index is 12.8. The molecule has 0 aliphatic carbocycles. The van der Waals surface area contributed by atoms with E-state index in [4.69, 9.17) is 27.9 Å². The van der Waals surface area contributed by atoms with Gasteiger partial charge >= 0.3 is 0 Å². The van der Waals surface area contributed by atoms with Crippen molar-refractivity contribution in [2.75, 3.05) is 24.6 Å². The van der Waals surface area contributed by atoms with Gasteiger partial charge in [-0.3, -0.25) is 9.78 Å². The van der Waals surface area contributed by atoms with E-state index >= 15 is 0 Å². The standard InChI is InChI=1S/C26H28Cl2N4O2/c1-18-14-20(8-12-32(18)22-6-10-29-11-7-22)17-31-26(33)21-3-4-23(27)24(15-21)34-13-9-19-2-5-25(28)30-16-19/h2-7,10-11,15-16,18,20H,8-9,12-14,17H2,1H3,(H,31,33). The van der Waals surface area contributed by atoms with Crippen LogP contribution in [-0.2, 0) is 6.42 Å². The average Bonchev–Trinajstić information content (AvgIpc) is 2.85. The predicted molar refractivity (Wildman–Crippen MR) is 136 cm³/mol. The van der Waals surface area contributed by atoms with Crippen LogP contribution in [0.5, 0.6) is 5.75 Å². The third-order valence-electron chi connectivity index (χ3n) is 6.16. The van der Waals surface area contributed by atoms with Crippen LogP contribution in [0.1, 0.15) is 35.7 Å². The Morgan fingerprint density at radius 1 is 1.18 bits per heavy atom. The monoisotopic (exact) mass is 498 g/mol. The number of hydrogen-bond acceptors (Lipinski definition) is 5. The molecular weight excluding hydrogens is 471 g/mol. The summed E-state index contributed by atoms with van der Waals surface area (Å²) in [5.41, 5.74) is 2.75. The molecule has 2 unspecified atom stereocenters. The smallest absolute Gasteiger partial charge is 0.251 e. The molecule has 0 radical (unpaired) electrons. The molecule has 2 atom stereocenters. The van der Waals surface area contributed by atoms with Crippen LogP contribution in [0, 0.1) is 5.92 Å². The maximum absolute atomic E-state index is 12.8. The summed E-state index contributed by atoms with van der Waals surface area (Å²) in [6, 6.07) is 13.3. The van der Waals surface area contributed by atoms with Gasteiger partial charge in [-0.25, -0.2) is 4.98 Å². The molecular formula is C26H28Cl2N4O2. The fraction of sp³-hybridized carbons (Fsp3) is 0.346. The Morgan fingerprint density at radius 3 is 2.74 bits per heavy atom. The predicted octanol–water partition coefficient (Wildman–Crippen LogP) is 5.44. The third kappa shape index (κ3) is 6.39. The molecule has 3 heterocycles. The van der Waals surface area contributed by atoms with Crippen LogP contribution in [0.25, 0.3) is 0 Å². The van der Waals surface area contributed by atoms with Crippen molar-refractivity contribution in [3.8, 4) is 5.75 Å². The Bertz CT molecular complexity index is 1100. The van der Waals surface area contributed by atoms with Crippen molar-refractivity contribution in [3.63, 3.8) is 0 Å². The van der Waals surface area contributed by atoms with Crippen molar-refractivity contribution in [1.82, 2.24) is 15.3 Å². The minimum atomic E-state index is -0.118. The van der Waals surface area contributed by atoms with E-state index in [1.54, 1.807) is 30.5 Å². The van der Waals surface area contributed by atoms with Crippen molar-refractivity contribution < 1.29 is 9.53 Å². The second-order valence-electron chi connectivity index (χ2n) is 8.58. The molecule has 1 saturated heterocycles. The average molecular weight is 499 g/mol. The van der Waals surface area contributed by atoms with E-state index in [2.05, 4.69) is 27.1 Å². The Balaban J connectivity index is 1.27. The number of pyridine rings is 2. The van der Waals surface area contributed by atoms with E-state index in [0.717, 1.165) is 24.9 Å². The van der Waals surface area contributed by atoms with E-state index in [0.29, 0.717) is 53.0 Å². The lowest BCUT2D eigenvalue weighted by Gasteiger charge is -2.39. The van der Waals surface area contributed by atoms with Crippen molar-refractivity contribution >= 4 is 34.8 Å². The fourth-order valence-electron chi connectivity index (χ4n) is 4.30. The molecule has 178 valence electrons. The molecule has 34 heavy (non-hydrogen) atoms. The molecule has 1 aliphatic heterocycles. The topological polar surface area (TPSA) is 67.3 Å². The van der Waals surface area contributed by atoms with Gasteiger partial charge in [0, 0.05) is 55.4 Å². The lowest BCUT2D eigenvalue weighted by molar-refractivity contribution is 0.0943. The van der Waals surface area contributed by atoms with Crippen LogP contribution in [0.4, 0.5) is 5.69 Å². The molecule has 3 aromatic rings. The van der Waals surface area contributed by atoms with Gasteiger partial charge in [0.05, 0.1) is 11.6 Å². The van der Waals surface area contributed by atoms with Crippen molar-refractivity contribution in [2.24, 2.45) is 5.92 Å². The van der Waals surface area contributed by atoms with Crippen molar-refractivity contribution in [2.45, 2.75) is 32.2 Å². The summed E-state index contributed by atoms with van der Waals surface area (Å²) >= 11 is 12.1. The first-order chi connectivity index (χ1) is 16.5. The number of anilines is 1. The first kappa shape index (κ1) is 24.3. The highest BCUT2D eigenvalue weighted by molar-refractivity contribution is 6.32. The number of ether oxygens (including phenoxy) is 1. The zero-order valence-electron chi connectivity index (χ0n) is 19.1. The van der Waals surface area contributed by atoms with Crippen LogP contribution in [0.2, 0.25) is 10.2 Å². The van der Waals surface area contributed by atoms with Gasteiger partial charge in [0.15, 0.2) is 0 Å². The normalized spacial score (nSPS) is 17.9. The summed E-state index contributed by atoms with van der Waals surface area (Å²) < 4.78 is 5.84. The summed E-state index contributed by atoms with van der Waals surface area (Å²) in [4.78, 5) is 23.4. The summed E-state index contributed by atoms with van der Waals surface area (Å²) in [7, 11) is 0. The molecule has 1 aliphatic rings. The first-order valence-corrected chi connectivity index (χ1v) is 12.2. The zero-order chi connectivity index (χ0) is 23.9. The van der Waals surface area contributed by atoms with E-state index in [1.165, 1.54) is 5.69 Å². The molecule has 0 bridgehead atoms. The van der Waals surface area contributed by atoms with Gasteiger partial charge < -0.3 is 15.0 Å². The van der Waals surface area contributed by atoms with E-state index < -0.39 is 0 Å². The molecule has 1 aromatic carbocycles. The van der Waals surface area contributed by atoms with Crippen LogP contribution >= 0.6 is 23.2 Å². The number of carbonyl (C=O) groups excluding carboxylic acids is 1. The summed E-state index contributed by atoms with van der Waals surface area (Å²) in [5.74, 6) is 0.816. The Morgan fingerprint density at radius 2 is 2.00 bits per heavy atom. The van der Waals surface area contributed by atoms with Crippen LogP contribution in [-0.4, -0.2) is 41.6 Å². The lowest BCUT2D eigenvalue weighted by Crippen LogP contribution is -2.44. The first-order valence-electron chi connectivity index (χ1n) is 11.5. The molecule has 1 N–H and O–H groups in total.